The standard InChI is InChI=1S/C28H48O4/c1-6-19-23-16-18(29)12-14-28(23,5)22-13-15-27(4)20(9-10-21(27)25(22)26(19)31)17(3)8-11-24(30)32-7-2/h17-23,25-26,29,31H,6-16H2,1-5H3/t17-,18-,19-,20?,21?,22?,23?,25?,26-,27-,28-/m1/s1. The van der Waals surface area contributed by atoms with Crippen LogP contribution in [0.5, 0.6) is 0 Å². The first-order valence-corrected chi connectivity index (χ1v) is 13.7. The van der Waals surface area contributed by atoms with Gasteiger partial charge < -0.3 is 14.9 Å². The lowest BCUT2D eigenvalue weighted by molar-refractivity contribution is -0.203. The first kappa shape index (κ1) is 24.5. The Morgan fingerprint density at radius 3 is 2.38 bits per heavy atom. The fraction of sp³-hybridized carbons (Fsp3) is 0.964. The van der Waals surface area contributed by atoms with Gasteiger partial charge in [0.1, 0.15) is 0 Å². The highest BCUT2D eigenvalue weighted by Gasteiger charge is 2.64. The number of carbonyl (C=O) groups excluding carboxylic acids is 1. The van der Waals surface area contributed by atoms with Crippen molar-refractivity contribution < 1.29 is 19.7 Å². The lowest BCUT2D eigenvalue weighted by atomic mass is 9.41. The van der Waals surface area contributed by atoms with E-state index in [0.29, 0.717) is 54.5 Å². The fourth-order valence-electron chi connectivity index (χ4n) is 9.71. The number of carbonyl (C=O) groups is 1. The highest BCUT2D eigenvalue weighted by atomic mass is 16.5. The zero-order valence-corrected chi connectivity index (χ0v) is 21.2. The van der Waals surface area contributed by atoms with Gasteiger partial charge in [-0.1, -0.05) is 34.1 Å². The second-order valence-corrected chi connectivity index (χ2v) is 12.4. The SMILES string of the molecule is CCOC(=O)CC[C@@H](C)C1CCC2C3C(CC[C@@]21C)[C@@]1(C)CC[C@@H](O)CC1[C@@H](CC)[C@H]3O. The van der Waals surface area contributed by atoms with E-state index < -0.39 is 0 Å². The Kier molecular flexibility index (Phi) is 7.05. The summed E-state index contributed by atoms with van der Waals surface area (Å²) in [5.41, 5.74) is 0.532. The van der Waals surface area contributed by atoms with Crippen LogP contribution in [0, 0.1) is 52.3 Å². The second kappa shape index (κ2) is 9.21. The lowest BCUT2D eigenvalue weighted by Crippen LogP contribution is -2.62. The van der Waals surface area contributed by atoms with Crippen LogP contribution in [0.15, 0.2) is 0 Å². The van der Waals surface area contributed by atoms with Gasteiger partial charge in [-0.05, 0) is 111 Å². The Hall–Kier alpha value is -0.610. The first-order valence-electron chi connectivity index (χ1n) is 13.7. The third-order valence-corrected chi connectivity index (χ3v) is 11.3. The molecule has 32 heavy (non-hydrogen) atoms. The zero-order chi connectivity index (χ0) is 23.3. The molecular weight excluding hydrogens is 400 g/mol. The molecule has 4 rings (SSSR count). The number of ether oxygens (including phenoxy) is 1. The van der Waals surface area contributed by atoms with Crippen LogP contribution in [0.4, 0.5) is 0 Å². The summed E-state index contributed by atoms with van der Waals surface area (Å²) < 4.78 is 5.17. The Labute approximate surface area is 195 Å². The van der Waals surface area contributed by atoms with Gasteiger partial charge in [0.15, 0.2) is 0 Å². The van der Waals surface area contributed by atoms with Gasteiger partial charge in [-0.3, -0.25) is 4.79 Å². The van der Waals surface area contributed by atoms with Crippen molar-refractivity contribution in [3.05, 3.63) is 0 Å². The summed E-state index contributed by atoms with van der Waals surface area (Å²) in [6, 6.07) is 0. The molecule has 11 atom stereocenters. The summed E-state index contributed by atoms with van der Waals surface area (Å²) in [6.07, 6.45) is 9.90. The monoisotopic (exact) mass is 448 g/mol. The minimum atomic E-state index is -0.230. The highest BCUT2D eigenvalue weighted by molar-refractivity contribution is 5.69. The molecule has 4 heteroatoms. The van der Waals surface area contributed by atoms with Crippen LogP contribution >= 0.6 is 0 Å². The van der Waals surface area contributed by atoms with Crippen molar-refractivity contribution in [3.63, 3.8) is 0 Å². The van der Waals surface area contributed by atoms with Gasteiger partial charge in [-0.2, -0.15) is 0 Å². The number of rotatable bonds is 6. The van der Waals surface area contributed by atoms with E-state index in [1.54, 1.807) is 0 Å². The molecular formula is C28H48O4. The van der Waals surface area contributed by atoms with Gasteiger partial charge in [-0.25, -0.2) is 0 Å². The van der Waals surface area contributed by atoms with Crippen molar-refractivity contribution in [2.75, 3.05) is 6.61 Å². The average Bonchev–Trinajstić information content (AvgIpc) is 3.11. The van der Waals surface area contributed by atoms with Gasteiger partial charge in [0.25, 0.3) is 0 Å². The molecule has 0 bridgehead atoms. The van der Waals surface area contributed by atoms with E-state index in [4.69, 9.17) is 4.74 Å². The molecule has 0 aromatic carbocycles. The predicted octanol–water partition coefficient (Wildman–Crippen LogP) is 5.59. The summed E-state index contributed by atoms with van der Waals surface area (Å²) in [6.45, 7) is 11.9. The molecule has 4 aliphatic carbocycles. The van der Waals surface area contributed by atoms with E-state index in [0.717, 1.165) is 32.1 Å². The maximum atomic E-state index is 11.9. The van der Waals surface area contributed by atoms with Gasteiger partial charge in [0.2, 0.25) is 0 Å². The molecule has 184 valence electrons. The molecule has 0 amide bonds. The molecule has 5 unspecified atom stereocenters. The largest absolute Gasteiger partial charge is 0.466 e. The van der Waals surface area contributed by atoms with Crippen LogP contribution in [0.25, 0.3) is 0 Å². The van der Waals surface area contributed by atoms with Gasteiger partial charge in [0.05, 0.1) is 18.8 Å². The van der Waals surface area contributed by atoms with Crippen LogP contribution in [0.1, 0.15) is 98.8 Å². The second-order valence-electron chi connectivity index (χ2n) is 12.4. The number of fused-ring (bicyclic) bond motifs is 5. The number of esters is 1. The van der Waals surface area contributed by atoms with Gasteiger partial charge in [0, 0.05) is 6.42 Å². The van der Waals surface area contributed by atoms with Crippen LogP contribution in [-0.2, 0) is 9.53 Å². The van der Waals surface area contributed by atoms with Crippen molar-refractivity contribution in [3.8, 4) is 0 Å². The van der Waals surface area contributed by atoms with Gasteiger partial charge in [-0.15, -0.1) is 0 Å². The van der Waals surface area contributed by atoms with E-state index in [2.05, 4.69) is 27.7 Å². The molecule has 4 aliphatic rings. The Morgan fingerprint density at radius 1 is 1.00 bits per heavy atom. The zero-order valence-electron chi connectivity index (χ0n) is 21.2. The summed E-state index contributed by atoms with van der Waals surface area (Å²) >= 11 is 0. The third kappa shape index (κ3) is 3.85. The van der Waals surface area contributed by atoms with E-state index >= 15 is 0 Å². The Morgan fingerprint density at radius 2 is 1.69 bits per heavy atom. The van der Waals surface area contributed by atoms with Crippen molar-refractivity contribution in [1.82, 2.24) is 0 Å². The summed E-state index contributed by atoms with van der Waals surface area (Å²) in [4.78, 5) is 11.9. The van der Waals surface area contributed by atoms with Crippen LogP contribution in [0.2, 0.25) is 0 Å². The molecule has 0 aliphatic heterocycles. The minimum Gasteiger partial charge on any atom is -0.466 e. The maximum absolute atomic E-state index is 11.9. The van der Waals surface area contributed by atoms with Crippen molar-refractivity contribution in [2.24, 2.45) is 52.3 Å². The predicted molar refractivity (Wildman–Crippen MR) is 127 cm³/mol. The smallest absolute Gasteiger partial charge is 0.305 e. The third-order valence-electron chi connectivity index (χ3n) is 11.3. The molecule has 0 aromatic rings. The van der Waals surface area contributed by atoms with Crippen LogP contribution in [-0.4, -0.2) is 35.0 Å². The molecule has 4 saturated carbocycles. The topological polar surface area (TPSA) is 66.8 Å². The molecule has 2 N–H and O–H groups in total. The number of aliphatic hydroxyl groups excluding tert-OH is 2. The summed E-state index contributed by atoms with van der Waals surface area (Å²) in [5.74, 6) is 3.44. The van der Waals surface area contributed by atoms with E-state index in [1.165, 1.54) is 25.7 Å². The fourth-order valence-corrected chi connectivity index (χ4v) is 9.71. The quantitative estimate of drug-likeness (QED) is 0.520. The normalized spacial score (nSPS) is 49.0. The number of aliphatic hydroxyl groups is 2. The molecule has 0 radical (unpaired) electrons. The molecule has 0 spiro atoms. The number of hydrogen-bond donors (Lipinski definition) is 2. The molecule has 0 saturated heterocycles. The van der Waals surface area contributed by atoms with E-state index in [1.807, 2.05) is 6.92 Å². The van der Waals surface area contributed by atoms with Crippen LogP contribution < -0.4 is 0 Å². The molecule has 4 fully saturated rings. The van der Waals surface area contributed by atoms with E-state index in [-0.39, 0.29) is 29.0 Å². The number of hydrogen-bond acceptors (Lipinski definition) is 4. The van der Waals surface area contributed by atoms with E-state index in [9.17, 15) is 15.0 Å². The molecule has 0 aromatic heterocycles. The summed E-state index contributed by atoms with van der Waals surface area (Å²) in [5, 5.41) is 22.2. The summed E-state index contributed by atoms with van der Waals surface area (Å²) in [7, 11) is 0. The minimum absolute atomic E-state index is 0.0605. The highest BCUT2D eigenvalue weighted by Crippen LogP contribution is 2.69. The molecule has 0 heterocycles. The Bertz CT molecular complexity index is 678. The van der Waals surface area contributed by atoms with Crippen LogP contribution in [0.3, 0.4) is 0 Å². The Balaban J connectivity index is 1.55. The molecule has 4 nitrogen and oxygen atoms in total. The van der Waals surface area contributed by atoms with Crippen molar-refractivity contribution in [1.29, 1.82) is 0 Å². The van der Waals surface area contributed by atoms with Gasteiger partial charge >= 0.3 is 5.97 Å². The van der Waals surface area contributed by atoms with Crippen molar-refractivity contribution in [2.45, 2.75) is 111 Å². The maximum Gasteiger partial charge on any atom is 0.305 e. The van der Waals surface area contributed by atoms with Crippen molar-refractivity contribution >= 4 is 5.97 Å². The average molecular weight is 449 g/mol. The lowest BCUT2D eigenvalue weighted by Gasteiger charge is -2.64. The first-order chi connectivity index (χ1) is 15.2.